The van der Waals surface area contributed by atoms with E-state index in [1.807, 2.05) is 55.5 Å². The van der Waals surface area contributed by atoms with Gasteiger partial charge in [-0.05, 0) is 53.9 Å². The number of methoxy groups -OCH3 is 1. The number of hydrogen-bond donors (Lipinski definition) is 1. The predicted octanol–water partition coefficient (Wildman–Crippen LogP) is 4.64. The fourth-order valence-corrected chi connectivity index (χ4v) is 4.71. The first-order valence-electron chi connectivity index (χ1n) is 11.2. The van der Waals surface area contributed by atoms with Crippen LogP contribution in [0.2, 0.25) is 0 Å². The van der Waals surface area contributed by atoms with Crippen LogP contribution in [0.15, 0.2) is 78.4 Å². The van der Waals surface area contributed by atoms with Crippen molar-refractivity contribution < 1.29 is 24.2 Å². The summed E-state index contributed by atoms with van der Waals surface area (Å²) in [5.41, 5.74) is 3.10. The second kappa shape index (κ2) is 8.71. The van der Waals surface area contributed by atoms with Crippen LogP contribution in [0.1, 0.15) is 35.2 Å². The molecule has 3 aromatic rings. The van der Waals surface area contributed by atoms with E-state index in [0.717, 1.165) is 23.3 Å². The number of nitrogens with zero attached hydrogens (tertiary/aromatic N) is 1. The Morgan fingerprint density at radius 2 is 1.85 bits per heavy atom. The molecule has 0 spiro atoms. The summed E-state index contributed by atoms with van der Waals surface area (Å²) in [5, 5.41) is 11.4. The molecular weight excluding hydrogens is 430 g/mol. The molecule has 1 amide bonds. The van der Waals surface area contributed by atoms with Crippen molar-refractivity contribution in [2.24, 2.45) is 0 Å². The van der Waals surface area contributed by atoms with Gasteiger partial charge in [0.05, 0.1) is 18.7 Å². The highest BCUT2D eigenvalue weighted by molar-refractivity contribution is 6.46. The maximum absolute atomic E-state index is 13.3. The Morgan fingerprint density at radius 3 is 2.62 bits per heavy atom. The third-order valence-electron chi connectivity index (χ3n) is 6.31. The number of aliphatic hydroxyl groups excluding tert-OH is 1. The third-order valence-corrected chi connectivity index (χ3v) is 6.31. The highest BCUT2D eigenvalue weighted by Crippen LogP contribution is 2.42. The Labute approximate surface area is 198 Å². The Kier molecular flexibility index (Phi) is 5.57. The van der Waals surface area contributed by atoms with Gasteiger partial charge >= 0.3 is 0 Å². The van der Waals surface area contributed by atoms with Gasteiger partial charge in [0, 0.05) is 18.5 Å². The van der Waals surface area contributed by atoms with Crippen LogP contribution in [0.5, 0.6) is 11.5 Å². The normalized spacial score (nSPS) is 20.8. The lowest BCUT2D eigenvalue weighted by molar-refractivity contribution is -0.140. The number of Topliss-reactive ketones (excluding diaryl/α,β-unsaturated/α-hetero) is 1. The molecule has 0 radical (unpaired) electrons. The molecule has 1 fully saturated rings. The summed E-state index contributed by atoms with van der Waals surface area (Å²) in [6.07, 6.45) is 0.776. The lowest BCUT2D eigenvalue weighted by Crippen LogP contribution is -2.29. The van der Waals surface area contributed by atoms with E-state index >= 15 is 0 Å². The first-order valence-corrected chi connectivity index (χ1v) is 11.2. The highest BCUT2D eigenvalue weighted by atomic mass is 16.5. The number of carbonyl (C=O) groups is 2. The molecule has 2 atom stereocenters. The lowest BCUT2D eigenvalue weighted by Gasteiger charge is -2.25. The van der Waals surface area contributed by atoms with Crippen LogP contribution in [0.25, 0.3) is 5.76 Å². The molecule has 5 rings (SSSR count). The molecule has 34 heavy (non-hydrogen) atoms. The van der Waals surface area contributed by atoms with Crippen LogP contribution in [-0.4, -0.2) is 34.9 Å². The average Bonchev–Trinajstić information content (AvgIpc) is 3.35. The van der Waals surface area contributed by atoms with Crippen molar-refractivity contribution in [1.82, 2.24) is 4.90 Å². The highest BCUT2D eigenvalue weighted by Gasteiger charge is 2.46. The first kappa shape index (κ1) is 21.8. The van der Waals surface area contributed by atoms with E-state index < -0.39 is 17.7 Å². The molecule has 2 aliphatic heterocycles. The number of fused-ring (bicyclic) bond motifs is 1. The third kappa shape index (κ3) is 3.81. The molecule has 6 nitrogen and oxygen atoms in total. The molecule has 3 aromatic carbocycles. The van der Waals surface area contributed by atoms with Crippen molar-refractivity contribution >= 4 is 17.4 Å². The number of rotatable bonds is 5. The van der Waals surface area contributed by atoms with Crippen LogP contribution < -0.4 is 9.47 Å². The fraction of sp³-hybridized carbons (Fsp3) is 0.214. The van der Waals surface area contributed by atoms with E-state index in [1.54, 1.807) is 31.4 Å². The maximum Gasteiger partial charge on any atom is 0.295 e. The van der Waals surface area contributed by atoms with Crippen LogP contribution in [0.4, 0.5) is 0 Å². The number of carbonyl (C=O) groups excluding carboxylic acids is 2. The van der Waals surface area contributed by atoms with Gasteiger partial charge in [-0.25, -0.2) is 0 Å². The molecular formula is C28H25NO5. The molecule has 172 valence electrons. The van der Waals surface area contributed by atoms with Gasteiger partial charge in [0.15, 0.2) is 0 Å². The first-order chi connectivity index (χ1) is 16.5. The van der Waals surface area contributed by atoms with Crippen molar-refractivity contribution in [1.29, 1.82) is 0 Å². The fourth-order valence-electron chi connectivity index (χ4n) is 4.71. The molecule has 0 saturated carbocycles. The van der Waals surface area contributed by atoms with E-state index in [1.165, 1.54) is 4.90 Å². The molecule has 2 heterocycles. The number of ketones is 1. The summed E-state index contributed by atoms with van der Waals surface area (Å²) in [4.78, 5) is 28.0. The van der Waals surface area contributed by atoms with E-state index in [-0.39, 0.29) is 24.0 Å². The summed E-state index contributed by atoms with van der Waals surface area (Å²) < 4.78 is 11.1. The van der Waals surface area contributed by atoms with Crippen LogP contribution in [0.3, 0.4) is 0 Å². The summed E-state index contributed by atoms with van der Waals surface area (Å²) in [5.74, 6) is -0.156. The largest absolute Gasteiger partial charge is 0.507 e. The van der Waals surface area contributed by atoms with E-state index in [0.29, 0.717) is 16.9 Å². The molecule has 0 bridgehead atoms. The second-order valence-electron chi connectivity index (χ2n) is 8.64. The maximum atomic E-state index is 13.3. The van der Waals surface area contributed by atoms with Crippen LogP contribution >= 0.6 is 0 Å². The number of ether oxygens (including phenoxy) is 2. The Balaban J connectivity index is 1.64. The van der Waals surface area contributed by atoms with Gasteiger partial charge in [0.2, 0.25) is 0 Å². The molecule has 0 aromatic heterocycles. The number of amides is 1. The van der Waals surface area contributed by atoms with E-state index in [2.05, 4.69) is 0 Å². The van der Waals surface area contributed by atoms with Gasteiger partial charge in [-0.2, -0.15) is 0 Å². The van der Waals surface area contributed by atoms with Gasteiger partial charge in [0.25, 0.3) is 11.7 Å². The van der Waals surface area contributed by atoms with Crippen LogP contribution in [-0.2, 0) is 22.6 Å². The monoisotopic (exact) mass is 455 g/mol. The zero-order valence-corrected chi connectivity index (χ0v) is 19.0. The predicted molar refractivity (Wildman–Crippen MR) is 128 cm³/mol. The Hall–Kier alpha value is -4.06. The number of hydrogen-bond acceptors (Lipinski definition) is 5. The lowest BCUT2D eigenvalue weighted by atomic mass is 9.94. The summed E-state index contributed by atoms with van der Waals surface area (Å²) in [6, 6.07) is 21.3. The molecule has 0 aliphatic carbocycles. The SMILES string of the molecule is COc1cccc([C@@H]2/C(=C(\O)c3ccc4c(c3)C[C@@H](C)O4)C(=O)C(=O)N2Cc2ccccc2)c1. The molecule has 1 N–H and O–H groups in total. The minimum absolute atomic E-state index is 0.0561. The molecule has 0 unspecified atom stereocenters. The Bertz CT molecular complexity index is 1300. The Morgan fingerprint density at radius 1 is 1.06 bits per heavy atom. The number of likely N-dealkylation sites (tertiary alicyclic amines) is 1. The zero-order valence-electron chi connectivity index (χ0n) is 19.0. The van der Waals surface area contributed by atoms with Crippen molar-refractivity contribution in [3.63, 3.8) is 0 Å². The van der Waals surface area contributed by atoms with Crippen molar-refractivity contribution in [3.05, 3.63) is 101 Å². The molecule has 1 saturated heterocycles. The van der Waals surface area contributed by atoms with E-state index in [9.17, 15) is 14.7 Å². The van der Waals surface area contributed by atoms with Crippen LogP contribution in [0, 0.1) is 0 Å². The molecule has 2 aliphatic rings. The van der Waals surface area contributed by atoms with Gasteiger partial charge in [-0.3, -0.25) is 9.59 Å². The van der Waals surface area contributed by atoms with Crippen molar-refractivity contribution in [2.75, 3.05) is 7.11 Å². The molecule has 6 heteroatoms. The van der Waals surface area contributed by atoms with Gasteiger partial charge in [-0.1, -0.05) is 42.5 Å². The topological polar surface area (TPSA) is 76.1 Å². The number of benzene rings is 3. The van der Waals surface area contributed by atoms with Gasteiger partial charge in [-0.15, -0.1) is 0 Å². The summed E-state index contributed by atoms with van der Waals surface area (Å²) in [7, 11) is 1.56. The standard InChI is InChI=1S/C28H25NO5/c1-17-13-21-14-20(11-12-23(21)34-17)26(30)24-25(19-9-6-10-22(15-19)33-2)29(28(32)27(24)31)16-18-7-4-3-5-8-18/h3-12,14-15,17,25,30H,13,16H2,1-2H3/b26-24+/t17-,25-/m1/s1. The van der Waals surface area contributed by atoms with Gasteiger partial charge in [0.1, 0.15) is 23.4 Å². The minimum atomic E-state index is -0.751. The minimum Gasteiger partial charge on any atom is -0.507 e. The zero-order chi connectivity index (χ0) is 23.8. The van der Waals surface area contributed by atoms with Crippen molar-refractivity contribution in [2.45, 2.75) is 32.0 Å². The average molecular weight is 456 g/mol. The quantitative estimate of drug-likeness (QED) is 0.345. The van der Waals surface area contributed by atoms with Gasteiger partial charge < -0.3 is 19.5 Å². The summed E-state index contributed by atoms with van der Waals surface area (Å²) in [6.45, 7) is 2.22. The number of aliphatic hydroxyl groups is 1. The van der Waals surface area contributed by atoms with Crippen molar-refractivity contribution in [3.8, 4) is 11.5 Å². The smallest absolute Gasteiger partial charge is 0.295 e. The van der Waals surface area contributed by atoms with E-state index in [4.69, 9.17) is 9.47 Å². The second-order valence-corrected chi connectivity index (χ2v) is 8.64. The summed E-state index contributed by atoms with van der Waals surface area (Å²) >= 11 is 0.